The number of anilines is 1. The zero-order valence-corrected chi connectivity index (χ0v) is 12.0. The molecule has 1 saturated carbocycles. The van der Waals surface area contributed by atoms with Crippen molar-refractivity contribution in [1.82, 2.24) is 0 Å². The second kappa shape index (κ2) is 5.69. The van der Waals surface area contributed by atoms with Crippen LogP contribution in [0.1, 0.15) is 31.2 Å². The molecule has 0 aliphatic heterocycles. The summed E-state index contributed by atoms with van der Waals surface area (Å²) in [5.74, 6) is 0. The molecule has 1 aromatic carbocycles. The maximum atomic E-state index is 11.2. The molecule has 0 radical (unpaired) electrons. The Hall–Kier alpha value is -1.10. The van der Waals surface area contributed by atoms with Crippen LogP contribution in [0, 0.1) is 10.1 Å². The number of alkyl halides is 1. The van der Waals surface area contributed by atoms with E-state index in [1.54, 1.807) is 6.07 Å². The third kappa shape index (κ3) is 2.66. The van der Waals surface area contributed by atoms with Crippen molar-refractivity contribution >= 4 is 27.3 Å². The summed E-state index contributed by atoms with van der Waals surface area (Å²) in [4.78, 5) is 13.0. The Labute approximate surface area is 115 Å². The fourth-order valence-electron chi connectivity index (χ4n) is 2.58. The second-order valence-electron chi connectivity index (χ2n) is 4.76. The van der Waals surface area contributed by atoms with Gasteiger partial charge in [0.05, 0.1) is 4.92 Å². The molecule has 4 nitrogen and oxygen atoms in total. The Morgan fingerprint density at radius 1 is 1.44 bits per heavy atom. The maximum absolute atomic E-state index is 11.2. The summed E-state index contributed by atoms with van der Waals surface area (Å²) in [5.41, 5.74) is 1.88. The number of nitro groups is 1. The summed E-state index contributed by atoms with van der Waals surface area (Å²) in [6.45, 7) is 0. The van der Waals surface area contributed by atoms with Crippen LogP contribution in [0.25, 0.3) is 0 Å². The minimum Gasteiger partial charge on any atom is -0.366 e. The average molecular weight is 313 g/mol. The van der Waals surface area contributed by atoms with Crippen LogP contribution in [0.15, 0.2) is 18.2 Å². The summed E-state index contributed by atoms with van der Waals surface area (Å²) < 4.78 is 0. The average Bonchev–Trinajstić information content (AvgIpc) is 2.91. The Morgan fingerprint density at radius 2 is 2.11 bits per heavy atom. The lowest BCUT2D eigenvalue weighted by atomic mass is 10.1. The number of hydrogen-bond acceptors (Lipinski definition) is 3. The van der Waals surface area contributed by atoms with E-state index in [1.807, 2.05) is 19.2 Å². The SMILES string of the molecule is CN(c1ccc(CBr)cc1[N+](=O)[O-])C1CCCC1. The molecule has 0 unspecified atom stereocenters. The van der Waals surface area contributed by atoms with Crippen molar-refractivity contribution in [3.8, 4) is 0 Å². The van der Waals surface area contributed by atoms with Gasteiger partial charge in [0.25, 0.3) is 5.69 Å². The summed E-state index contributed by atoms with van der Waals surface area (Å²) in [6, 6.07) is 5.92. The second-order valence-corrected chi connectivity index (χ2v) is 5.32. The highest BCUT2D eigenvalue weighted by Gasteiger charge is 2.25. The van der Waals surface area contributed by atoms with E-state index < -0.39 is 0 Å². The third-order valence-electron chi connectivity index (χ3n) is 3.64. The van der Waals surface area contributed by atoms with Gasteiger partial charge >= 0.3 is 0 Å². The Balaban J connectivity index is 2.33. The number of benzene rings is 1. The molecule has 1 aromatic rings. The molecule has 0 atom stereocenters. The zero-order chi connectivity index (χ0) is 13.1. The van der Waals surface area contributed by atoms with E-state index in [0.717, 1.165) is 24.1 Å². The maximum Gasteiger partial charge on any atom is 0.292 e. The van der Waals surface area contributed by atoms with Crippen LogP contribution in [-0.2, 0) is 5.33 Å². The van der Waals surface area contributed by atoms with Crippen molar-refractivity contribution in [3.63, 3.8) is 0 Å². The molecule has 0 N–H and O–H groups in total. The first kappa shape index (κ1) is 13.3. The molecular weight excluding hydrogens is 296 g/mol. The molecule has 0 aromatic heterocycles. The summed E-state index contributed by atoms with van der Waals surface area (Å²) in [7, 11) is 1.96. The van der Waals surface area contributed by atoms with E-state index in [4.69, 9.17) is 0 Å². The van der Waals surface area contributed by atoms with Crippen molar-refractivity contribution < 1.29 is 4.92 Å². The van der Waals surface area contributed by atoms with E-state index in [0.29, 0.717) is 11.4 Å². The van der Waals surface area contributed by atoms with E-state index in [1.165, 1.54) is 12.8 Å². The summed E-state index contributed by atoms with van der Waals surface area (Å²) >= 11 is 3.33. The lowest BCUT2D eigenvalue weighted by Crippen LogP contribution is -2.29. The highest BCUT2D eigenvalue weighted by Crippen LogP contribution is 2.34. The molecule has 0 spiro atoms. The van der Waals surface area contributed by atoms with Crippen LogP contribution in [0.3, 0.4) is 0 Å². The van der Waals surface area contributed by atoms with Gasteiger partial charge in [0.15, 0.2) is 0 Å². The van der Waals surface area contributed by atoms with E-state index in [2.05, 4.69) is 20.8 Å². The van der Waals surface area contributed by atoms with Crippen LogP contribution < -0.4 is 4.90 Å². The fourth-order valence-corrected chi connectivity index (χ4v) is 2.93. The molecule has 2 rings (SSSR count). The van der Waals surface area contributed by atoms with E-state index in [-0.39, 0.29) is 10.6 Å². The van der Waals surface area contributed by atoms with Crippen molar-refractivity contribution in [3.05, 3.63) is 33.9 Å². The number of rotatable bonds is 4. The monoisotopic (exact) mass is 312 g/mol. The molecular formula is C13H17BrN2O2. The summed E-state index contributed by atoms with van der Waals surface area (Å²) in [6.07, 6.45) is 4.71. The van der Waals surface area contributed by atoms with Crippen molar-refractivity contribution in [2.45, 2.75) is 37.1 Å². The van der Waals surface area contributed by atoms with Gasteiger partial charge in [-0.2, -0.15) is 0 Å². The minimum absolute atomic E-state index is 0.210. The third-order valence-corrected chi connectivity index (χ3v) is 4.29. The van der Waals surface area contributed by atoms with Gasteiger partial charge in [0.2, 0.25) is 0 Å². The van der Waals surface area contributed by atoms with Gasteiger partial charge in [0, 0.05) is 24.5 Å². The van der Waals surface area contributed by atoms with Gasteiger partial charge in [-0.1, -0.05) is 34.8 Å². The van der Waals surface area contributed by atoms with Crippen LogP contribution in [0.5, 0.6) is 0 Å². The zero-order valence-electron chi connectivity index (χ0n) is 10.4. The molecule has 1 fully saturated rings. The van der Waals surface area contributed by atoms with Gasteiger partial charge < -0.3 is 4.90 Å². The van der Waals surface area contributed by atoms with Crippen LogP contribution in [0.2, 0.25) is 0 Å². The lowest BCUT2D eigenvalue weighted by Gasteiger charge is -2.26. The first-order valence-corrected chi connectivity index (χ1v) is 7.31. The Kier molecular flexibility index (Phi) is 4.22. The highest BCUT2D eigenvalue weighted by molar-refractivity contribution is 9.08. The molecule has 1 aliphatic carbocycles. The number of nitro benzene ring substituents is 1. The largest absolute Gasteiger partial charge is 0.366 e. The van der Waals surface area contributed by atoms with Gasteiger partial charge in [-0.25, -0.2) is 0 Å². The van der Waals surface area contributed by atoms with Crippen LogP contribution in [0.4, 0.5) is 11.4 Å². The Morgan fingerprint density at radius 3 is 2.67 bits per heavy atom. The minimum atomic E-state index is -0.285. The smallest absolute Gasteiger partial charge is 0.292 e. The van der Waals surface area contributed by atoms with E-state index >= 15 is 0 Å². The lowest BCUT2D eigenvalue weighted by molar-refractivity contribution is -0.384. The van der Waals surface area contributed by atoms with Crippen molar-refractivity contribution in [1.29, 1.82) is 0 Å². The fraction of sp³-hybridized carbons (Fsp3) is 0.538. The normalized spacial score (nSPS) is 15.9. The number of nitrogens with zero attached hydrogens (tertiary/aromatic N) is 2. The molecule has 0 saturated heterocycles. The Bertz CT molecular complexity index is 445. The molecule has 0 amide bonds. The van der Waals surface area contributed by atoms with E-state index in [9.17, 15) is 10.1 Å². The molecule has 5 heteroatoms. The standard InChI is InChI=1S/C13H17BrN2O2/c1-15(11-4-2-3-5-11)12-7-6-10(9-14)8-13(12)16(17)18/h6-8,11H,2-5,9H2,1H3. The van der Waals surface area contributed by atoms with Crippen LogP contribution >= 0.6 is 15.9 Å². The quantitative estimate of drug-likeness (QED) is 0.481. The molecule has 0 heterocycles. The molecule has 0 bridgehead atoms. The summed E-state index contributed by atoms with van der Waals surface area (Å²) in [5, 5.41) is 11.8. The molecule has 98 valence electrons. The highest BCUT2D eigenvalue weighted by atomic mass is 79.9. The molecule has 1 aliphatic rings. The number of hydrogen-bond donors (Lipinski definition) is 0. The first-order valence-electron chi connectivity index (χ1n) is 6.19. The number of halogens is 1. The van der Waals surface area contributed by atoms with Crippen LogP contribution in [-0.4, -0.2) is 18.0 Å². The predicted molar refractivity (Wildman–Crippen MR) is 76.4 cm³/mol. The van der Waals surface area contributed by atoms with Gasteiger partial charge in [-0.15, -0.1) is 0 Å². The topological polar surface area (TPSA) is 46.4 Å². The van der Waals surface area contributed by atoms with Crippen molar-refractivity contribution in [2.75, 3.05) is 11.9 Å². The first-order chi connectivity index (χ1) is 8.63. The predicted octanol–water partition coefficient (Wildman–Crippen LogP) is 3.87. The van der Waals surface area contributed by atoms with Gasteiger partial charge in [0.1, 0.15) is 5.69 Å². The van der Waals surface area contributed by atoms with Crippen molar-refractivity contribution in [2.24, 2.45) is 0 Å². The van der Waals surface area contributed by atoms with Gasteiger partial charge in [-0.05, 0) is 24.5 Å². The molecule has 18 heavy (non-hydrogen) atoms. The van der Waals surface area contributed by atoms with Gasteiger partial charge in [-0.3, -0.25) is 10.1 Å².